The number of nitrogens with zero attached hydrogens (tertiary/aromatic N) is 1. The van der Waals surface area contributed by atoms with Crippen LogP contribution < -0.4 is 5.73 Å². The van der Waals surface area contributed by atoms with E-state index in [0.29, 0.717) is 28.0 Å². The highest BCUT2D eigenvalue weighted by Crippen LogP contribution is 2.36. The van der Waals surface area contributed by atoms with Crippen LogP contribution in [0.15, 0.2) is 54.6 Å². The molecule has 1 amide bonds. The minimum atomic E-state index is -4.69. The smallest absolute Gasteiger partial charge is 0.366 e. The van der Waals surface area contributed by atoms with Crippen LogP contribution in [0.25, 0.3) is 21.8 Å². The van der Waals surface area contributed by atoms with Crippen LogP contribution in [0.1, 0.15) is 27.0 Å². The molecule has 0 atom stereocenters. The monoisotopic (exact) mass is 400 g/mol. The molecule has 2 N–H and O–H groups in total. The number of benzene rings is 3. The lowest BCUT2D eigenvalue weighted by Crippen LogP contribution is -2.13. The van der Waals surface area contributed by atoms with Gasteiger partial charge in [-0.25, -0.2) is 4.39 Å². The minimum absolute atomic E-state index is 0.0660. The Morgan fingerprint density at radius 3 is 2.48 bits per heavy atom. The largest absolute Gasteiger partial charge is 0.416 e. The van der Waals surface area contributed by atoms with Gasteiger partial charge in [0.15, 0.2) is 0 Å². The molecular formula is C22H16F4N2O. The highest BCUT2D eigenvalue weighted by molar-refractivity contribution is 6.17. The lowest BCUT2D eigenvalue weighted by molar-refractivity contribution is -0.138. The average Bonchev–Trinajstić information content (AvgIpc) is 2.95. The summed E-state index contributed by atoms with van der Waals surface area (Å²) in [6, 6.07) is 13.2. The topological polar surface area (TPSA) is 48.0 Å². The van der Waals surface area contributed by atoms with E-state index in [4.69, 9.17) is 5.73 Å². The maximum atomic E-state index is 13.5. The number of hydrogen-bond donors (Lipinski definition) is 1. The summed E-state index contributed by atoms with van der Waals surface area (Å²) >= 11 is 0. The van der Waals surface area contributed by atoms with Crippen molar-refractivity contribution in [1.29, 1.82) is 0 Å². The van der Waals surface area contributed by atoms with E-state index in [9.17, 15) is 22.4 Å². The van der Waals surface area contributed by atoms with E-state index in [1.807, 2.05) is 25.1 Å². The van der Waals surface area contributed by atoms with Crippen molar-refractivity contribution < 1.29 is 22.4 Å². The lowest BCUT2D eigenvalue weighted by atomic mass is 10.1. The van der Waals surface area contributed by atoms with Crippen molar-refractivity contribution in [3.63, 3.8) is 0 Å². The van der Waals surface area contributed by atoms with Crippen molar-refractivity contribution in [3.8, 4) is 0 Å². The normalized spacial score (nSPS) is 12.0. The van der Waals surface area contributed by atoms with E-state index in [1.165, 1.54) is 0 Å². The van der Waals surface area contributed by atoms with Gasteiger partial charge in [0.25, 0.3) is 0 Å². The summed E-state index contributed by atoms with van der Waals surface area (Å²) in [5.41, 5.74) is 6.90. The third-order valence-electron chi connectivity index (χ3n) is 5.02. The maximum absolute atomic E-state index is 13.5. The van der Waals surface area contributed by atoms with Gasteiger partial charge in [0.2, 0.25) is 5.91 Å². The molecule has 7 heteroatoms. The summed E-state index contributed by atoms with van der Waals surface area (Å²) in [6.45, 7) is 1.73. The molecule has 29 heavy (non-hydrogen) atoms. The molecule has 1 aromatic heterocycles. The molecule has 3 aromatic carbocycles. The first kappa shape index (κ1) is 19.0. The highest BCUT2D eigenvalue weighted by Gasteiger charge is 2.34. The van der Waals surface area contributed by atoms with E-state index in [-0.39, 0.29) is 12.1 Å². The van der Waals surface area contributed by atoms with Crippen LogP contribution in [0, 0.1) is 12.7 Å². The number of fused-ring (bicyclic) bond motifs is 3. The summed E-state index contributed by atoms with van der Waals surface area (Å²) in [4.78, 5) is 11.9. The Labute approximate surface area is 163 Å². The average molecular weight is 400 g/mol. The van der Waals surface area contributed by atoms with Crippen LogP contribution in [0.4, 0.5) is 17.6 Å². The predicted molar refractivity (Wildman–Crippen MR) is 103 cm³/mol. The lowest BCUT2D eigenvalue weighted by Gasteiger charge is -2.15. The van der Waals surface area contributed by atoms with E-state index in [2.05, 4.69) is 0 Å². The number of aryl methyl sites for hydroxylation is 1. The molecule has 0 spiro atoms. The van der Waals surface area contributed by atoms with Crippen molar-refractivity contribution in [3.05, 3.63) is 82.7 Å². The van der Waals surface area contributed by atoms with Gasteiger partial charge in [-0.1, -0.05) is 24.3 Å². The van der Waals surface area contributed by atoms with Gasteiger partial charge in [-0.15, -0.1) is 0 Å². The molecule has 148 valence electrons. The number of primary amides is 1. The van der Waals surface area contributed by atoms with Gasteiger partial charge in [0.1, 0.15) is 5.82 Å². The van der Waals surface area contributed by atoms with Crippen molar-refractivity contribution >= 4 is 27.7 Å². The first-order valence-electron chi connectivity index (χ1n) is 8.84. The van der Waals surface area contributed by atoms with Gasteiger partial charge in [-0.2, -0.15) is 13.2 Å². The predicted octanol–water partition coefficient (Wildman–Crippen LogP) is 5.41. The third-order valence-corrected chi connectivity index (χ3v) is 5.02. The number of hydrogen-bond acceptors (Lipinski definition) is 1. The van der Waals surface area contributed by atoms with Gasteiger partial charge >= 0.3 is 6.18 Å². The van der Waals surface area contributed by atoms with Crippen molar-refractivity contribution in [2.45, 2.75) is 19.6 Å². The fourth-order valence-corrected chi connectivity index (χ4v) is 3.75. The Morgan fingerprint density at radius 2 is 1.79 bits per heavy atom. The zero-order valence-electron chi connectivity index (χ0n) is 15.3. The number of amides is 1. The molecule has 0 bridgehead atoms. The number of nitrogens with two attached hydrogens (primary N) is 1. The number of halogens is 4. The van der Waals surface area contributed by atoms with Gasteiger partial charge in [0.05, 0.1) is 11.1 Å². The molecule has 0 aliphatic rings. The van der Waals surface area contributed by atoms with Crippen LogP contribution in [-0.2, 0) is 12.7 Å². The van der Waals surface area contributed by atoms with Gasteiger partial charge in [-0.3, -0.25) is 4.79 Å². The van der Waals surface area contributed by atoms with Crippen molar-refractivity contribution in [1.82, 2.24) is 4.57 Å². The minimum Gasteiger partial charge on any atom is -0.366 e. The molecule has 1 heterocycles. The zero-order chi connectivity index (χ0) is 20.9. The van der Waals surface area contributed by atoms with E-state index in [0.717, 1.165) is 23.1 Å². The molecular weight excluding hydrogens is 384 g/mol. The van der Waals surface area contributed by atoms with Crippen molar-refractivity contribution in [2.24, 2.45) is 5.73 Å². The molecule has 4 rings (SSSR count). The van der Waals surface area contributed by atoms with Crippen LogP contribution >= 0.6 is 0 Å². The van der Waals surface area contributed by atoms with Crippen LogP contribution in [0.3, 0.4) is 0 Å². The first-order valence-corrected chi connectivity index (χ1v) is 8.84. The highest BCUT2D eigenvalue weighted by atomic mass is 19.4. The Kier molecular flexibility index (Phi) is 4.33. The van der Waals surface area contributed by atoms with Crippen LogP contribution in [-0.4, -0.2) is 10.5 Å². The van der Waals surface area contributed by atoms with Gasteiger partial charge in [0, 0.05) is 28.4 Å². The Balaban J connectivity index is 2.03. The number of aromatic nitrogens is 1. The molecule has 3 nitrogen and oxygen atoms in total. The second kappa shape index (κ2) is 6.62. The van der Waals surface area contributed by atoms with Crippen molar-refractivity contribution in [2.75, 3.05) is 0 Å². The molecule has 0 fully saturated rings. The number of alkyl halides is 3. The summed E-state index contributed by atoms with van der Waals surface area (Å²) in [5, 5.41) is 1.31. The summed E-state index contributed by atoms with van der Waals surface area (Å²) in [6.07, 6.45) is -4.69. The Morgan fingerprint density at radius 1 is 1.03 bits per heavy atom. The summed E-state index contributed by atoms with van der Waals surface area (Å²) in [7, 11) is 0. The molecule has 4 aromatic rings. The molecule has 0 saturated heterocycles. The van der Waals surface area contributed by atoms with Gasteiger partial charge < -0.3 is 10.3 Å². The molecule has 0 aliphatic heterocycles. The number of carbonyl (C=O) groups is 1. The quantitative estimate of drug-likeness (QED) is 0.460. The van der Waals surface area contributed by atoms with Crippen LogP contribution in [0.5, 0.6) is 0 Å². The second-order valence-corrected chi connectivity index (χ2v) is 6.97. The first-order chi connectivity index (χ1) is 13.7. The summed E-state index contributed by atoms with van der Waals surface area (Å²) < 4.78 is 55.6. The summed E-state index contributed by atoms with van der Waals surface area (Å²) in [5.74, 6) is -1.57. The SMILES string of the molecule is Cc1ccc2c3c(C(N)=O)cccc3n(Cc3ccc(F)cc3C(F)(F)F)c2c1. The Bertz CT molecular complexity index is 1270. The fraction of sp³-hybridized carbons (Fsp3) is 0.136. The van der Waals surface area contributed by atoms with Crippen LogP contribution in [0.2, 0.25) is 0 Å². The van der Waals surface area contributed by atoms with E-state index >= 15 is 0 Å². The zero-order valence-corrected chi connectivity index (χ0v) is 15.3. The second-order valence-electron chi connectivity index (χ2n) is 6.97. The van der Waals surface area contributed by atoms with E-state index < -0.39 is 23.5 Å². The van der Waals surface area contributed by atoms with E-state index in [1.54, 1.807) is 22.8 Å². The standard InChI is InChI=1S/C22H16F4N2O/c1-12-5-8-15-19(9-12)28(18-4-2-3-16(20(15)18)21(27)29)11-13-6-7-14(23)10-17(13)22(24,25)26/h2-10H,11H2,1H3,(H2,27,29). The molecule has 0 radical (unpaired) electrons. The molecule has 0 aliphatic carbocycles. The third kappa shape index (κ3) is 3.22. The fourth-order valence-electron chi connectivity index (χ4n) is 3.75. The number of rotatable bonds is 3. The van der Waals surface area contributed by atoms with Gasteiger partial charge in [-0.05, 0) is 48.4 Å². The maximum Gasteiger partial charge on any atom is 0.416 e. The molecule has 0 unspecified atom stereocenters. The molecule has 0 saturated carbocycles. The Hall–Kier alpha value is -3.35. The number of carbonyl (C=O) groups excluding carboxylic acids is 1.